The standard InChI is InChI=1S/C18H20INO4/c1-8-6-5-7-12(19)13(8)16-14(17(21)22)9(2)20-10(3)15(16)18-23-11(4)24-18/h5-7,11,16,18,20H,1-4H3,(H,21,22). The summed E-state index contributed by atoms with van der Waals surface area (Å²) in [6.07, 6.45) is -0.789. The largest absolute Gasteiger partial charge is 0.478 e. The molecule has 0 amide bonds. The molecular formula is C18H20INO4. The van der Waals surface area contributed by atoms with Gasteiger partial charge in [0.1, 0.15) is 0 Å². The minimum absolute atomic E-state index is 0.271. The lowest BCUT2D eigenvalue weighted by molar-refractivity contribution is -0.360. The molecule has 1 atom stereocenters. The lowest BCUT2D eigenvalue weighted by Crippen LogP contribution is -2.45. The smallest absolute Gasteiger partial charge is 0.334 e. The van der Waals surface area contributed by atoms with E-state index >= 15 is 0 Å². The molecule has 2 aliphatic heterocycles. The van der Waals surface area contributed by atoms with Gasteiger partial charge in [-0.3, -0.25) is 0 Å². The monoisotopic (exact) mass is 441 g/mol. The highest BCUT2D eigenvalue weighted by molar-refractivity contribution is 14.1. The van der Waals surface area contributed by atoms with E-state index in [9.17, 15) is 9.90 Å². The molecule has 128 valence electrons. The lowest BCUT2D eigenvalue weighted by atomic mass is 9.78. The van der Waals surface area contributed by atoms with E-state index in [-0.39, 0.29) is 6.29 Å². The normalized spacial score (nSPS) is 27.0. The van der Waals surface area contributed by atoms with Crippen LogP contribution in [0.3, 0.4) is 0 Å². The summed E-state index contributed by atoms with van der Waals surface area (Å²) in [6, 6.07) is 5.98. The van der Waals surface area contributed by atoms with Gasteiger partial charge in [-0.25, -0.2) is 4.79 Å². The van der Waals surface area contributed by atoms with Crippen molar-refractivity contribution in [2.24, 2.45) is 0 Å². The minimum atomic E-state index is -0.929. The molecule has 1 saturated heterocycles. The first-order chi connectivity index (χ1) is 11.3. The van der Waals surface area contributed by atoms with Crippen molar-refractivity contribution in [1.82, 2.24) is 5.32 Å². The maximum Gasteiger partial charge on any atom is 0.334 e. The van der Waals surface area contributed by atoms with E-state index in [1.165, 1.54) is 0 Å². The van der Waals surface area contributed by atoms with Crippen molar-refractivity contribution in [3.63, 3.8) is 0 Å². The number of carbonyl (C=O) groups is 1. The Kier molecular flexibility index (Phi) is 4.72. The zero-order chi connectivity index (χ0) is 17.6. The summed E-state index contributed by atoms with van der Waals surface area (Å²) in [6.45, 7) is 7.57. The second-order valence-corrected chi connectivity index (χ2v) is 7.29. The van der Waals surface area contributed by atoms with Crippen LogP contribution in [-0.4, -0.2) is 23.7 Å². The van der Waals surface area contributed by atoms with E-state index in [1.54, 1.807) is 6.92 Å². The number of aliphatic carboxylic acids is 1. The molecule has 3 rings (SSSR count). The number of allylic oxidation sites excluding steroid dienone is 2. The van der Waals surface area contributed by atoms with Crippen LogP contribution in [0.25, 0.3) is 0 Å². The molecule has 0 spiro atoms. The van der Waals surface area contributed by atoms with Crippen molar-refractivity contribution in [3.05, 3.63) is 55.4 Å². The van der Waals surface area contributed by atoms with Crippen LogP contribution in [0.2, 0.25) is 0 Å². The van der Waals surface area contributed by atoms with Crippen LogP contribution in [0.15, 0.2) is 40.7 Å². The third-order valence-electron chi connectivity index (χ3n) is 4.49. The second-order valence-electron chi connectivity index (χ2n) is 6.12. The average molecular weight is 441 g/mol. The van der Waals surface area contributed by atoms with Crippen LogP contribution < -0.4 is 5.32 Å². The highest BCUT2D eigenvalue weighted by Crippen LogP contribution is 2.45. The number of benzene rings is 1. The van der Waals surface area contributed by atoms with Crippen molar-refractivity contribution in [3.8, 4) is 0 Å². The Morgan fingerprint density at radius 2 is 1.88 bits per heavy atom. The van der Waals surface area contributed by atoms with Crippen molar-refractivity contribution in [2.45, 2.75) is 46.2 Å². The molecule has 2 heterocycles. The topological polar surface area (TPSA) is 67.8 Å². The molecule has 2 N–H and O–H groups in total. The molecule has 5 nitrogen and oxygen atoms in total. The van der Waals surface area contributed by atoms with E-state index in [0.29, 0.717) is 11.3 Å². The minimum Gasteiger partial charge on any atom is -0.478 e. The van der Waals surface area contributed by atoms with Gasteiger partial charge >= 0.3 is 5.97 Å². The average Bonchev–Trinajstić information content (AvgIpc) is 2.44. The van der Waals surface area contributed by atoms with Crippen LogP contribution in [0, 0.1) is 10.5 Å². The van der Waals surface area contributed by atoms with Crippen LogP contribution in [0.4, 0.5) is 0 Å². The van der Waals surface area contributed by atoms with Gasteiger partial charge in [0.2, 0.25) is 0 Å². The van der Waals surface area contributed by atoms with Gasteiger partial charge in [-0.05, 0) is 67.5 Å². The van der Waals surface area contributed by atoms with E-state index in [4.69, 9.17) is 9.47 Å². The quantitative estimate of drug-likeness (QED) is 0.702. The number of aryl methyl sites for hydroxylation is 1. The van der Waals surface area contributed by atoms with Crippen molar-refractivity contribution < 1.29 is 19.4 Å². The Hall–Kier alpha value is -1.38. The molecule has 0 aromatic heterocycles. The van der Waals surface area contributed by atoms with Gasteiger partial charge in [-0.2, -0.15) is 0 Å². The molecule has 1 fully saturated rings. The first-order valence-corrected chi connectivity index (χ1v) is 8.86. The second kappa shape index (κ2) is 6.50. The van der Waals surface area contributed by atoms with E-state index < -0.39 is 18.2 Å². The Balaban J connectivity index is 2.20. The van der Waals surface area contributed by atoms with Crippen LogP contribution in [0.5, 0.6) is 0 Å². The number of rotatable bonds is 3. The summed E-state index contributed by atoms with van der Waals surface area (Å²) in [4.78, 5) is 12.0. The molecule has 6 heteroatoms. The zero-order valence-electron chi connectivity index (χ0n) is 14.0. The molecule has 0 bridgehead atoms. The van der Waals surface area contributed by atoms with Gasteiger partial charge in [0.05, 0.1) is 5.57 Å². The Bertz CT molecular complexity index is 742. The van der Waals surface area contributed by atoms with Gasteiger partial charge < -0.3 is 19.9 Å². The highest BCUT2D eigenvalue weighted by Gasteiger charge is 2.43. The van der Waals surface area contributed by atoms with Gasteiger partial charge in [-0.1, -0.05) is 12.1 Å². The summed E-state index contributed by atoms with van der Waals surface area (Å²) in [5, 5.41) is 13.0. The predicted molar refractivity (Wildman–Crippen MR) is 98.2 cm³/mol. The maximum atomic E-state index is 12.0. The van der Waals surface area contributed by atoms with Crippen LogP contribution >= 0.6 is 22.6 Å². The van der Waals surface area contributed by atoms with Crippen LogP contribution in [0.1, 0.15) is 37.8 Å². The first-order valence-electron chi connectivity index (χ1n) is 7.79. The number of ether oxygens (including phenoxy) is 2. The molecule has 1 aromatic rings. The van der Waals surface area contributed by atoms with Crippen molar-refractivity contribution in [1.29, 1.82) is 0 Å². The molecular weight excluding hydrogens is 421 g/mol. The van der Waals surface area contributed by atoms with E-state index in [0.717, 1.165) is 26.0 Å². The molecule has 1 unspecified atom stereocenters. The SMILES string of the molecule is CC1=C(C(=O)O)C(c2c(C)cccc2I)C(C2OC(C)O2)=C(C)N1. The number of hydrogen-bond acceptors (Lipinski definition) is 4. The number of carboxylic acids is 1. The van der Waals surface area contributed by atoms with Gasteiger partial charge in [0.25, 0.3) is 0 Å². The Labute approximate surface area is 154 Å². The number of hydrogen-bond donors (Lipinski definition) is 2. The maximum absolute atomic E-state index is 12.0. The fourth-order valence-electron chi connectivity index (χ4n) is 3.42. The molecule has 0 saturated carbocycles. The predicted octanol–water partition coefficient (Wildman–Crippen LogP) is 3.64. The van der Waals surface area contributed by atoms with Gasteiger partial charge in [0.15, 0.2) is 12.6 Å². The third kappa shape index (κ3) is 2.87. The molecule has 0 radical (unpaired) electrons. The molecule has 2 aliphatic rings. The van der Waals surface area contributed by atoms with Gasteiger partial charge in [0, 0.05) is 26.5 Å². The fourth-order valence-corrected chi connectivity index (χ4v) is 4.37. The summed E-state index contributed by atoms with van der Waals surface area (Å²) >= 11 is 2.26. The lowest BCUT2D eigenvalue weighted by Gasteiger charge is -2.41. The van der Waals surface area contributed by atoms with Crippen molar-refractivity contribution >= 4 is 28.6 Å². The Morgan fingerprint density at radius 3 is 2.42 bits per heavy atom. The summed E-state index contributed by atoms with van der Waals surface area (Å²) < 4.78 is 12.4. The van der Waals surface area contributed by atoms with Gasteiger partial charge in [-0.15, -0.1) is 0 Å². The van der Waals surface area contributed by atoms with E-state index in [1.807, 2.05) is 39.0 Å². The first kappa shape index (κ1) is 17.4. The van der Waals surface area contributed by atoms with Crippen molar-refractivity contribution in [2.75, 3.05) is 0 Å². The highest BCUT2D eigenvalue weighted by atomic mass is 127. The Morgan fingerprint density at radius 1 is 1.21 bits per heavy atom. The molecule has 24 heavy (non-hydrogen) atoms. The molecule has 0 aliphatic carbocycles. The summed E-state index contributed by atoms with van der Waals surface area (Å²) in [7, 11) is 0. The number of nitrogens with one attached hydrogen (secondary N) is 1. The van der Waals surface area contributed by atoms with Crippen LogP contribution in [-0.2, 0) is 14.3 Å². The number of dihydropyridines is 1. The molecule has 1 aromatic carbocycles. The fraction of sp³-hybridized carbons (Fsp3) is 0.389. The van der Waals surface area contributed by atoms with E-state index in [2.05, 4.69) is 27.9 Å². The number of carboxylic acid groups (broad SMARTS) is 1. The summed E-state index contributed by atoms with van der Waals surface area (Å²) in [5.41, 5.74) is 4.77. The third-order valence-corrected chi connectivity index (χ3v) is 5.43. The summed E-state index contributed by atoms with van der Waals surface area (Å²) in [5.74, 6) is -1.32. The number of halogens is 1. The zero-order valence-corrected chi connectivity index (χ0v) is 16.2.